The fraction of sp³-hybridized carbons (Fsp3) is 0.250. The van der Waals surface area contributed by atoms with Crippen molar-refractivity contribution in [3.05, 3.63) is 45.4 Å². The third-order valence-corrected chi connectivity index (χ3v) is 3.01. The van der Waals surface area contributed by atoms with Crippen molar-refractivity contribution < 1.29 is 0 Å². The Morgan fingerprint density at radius 1 is 0.895 bits per heavy atom. The molecule has 100 valence electrons. The van der Waals surface area contributed by atoms with Gasteiger partial charge in [0.15, 0.2) is 0 Å². The second kappa shape index (κ2) is 6.89. The first-order chi connectivity index (χ1) is 9.13. The van der Waals surface area contributed by atoms with Gasteiger partial charge in [-0.25, -0.2) is 0 Å². The van der Waals surface area contributed by atoms with Gasteiger partial charge in [-0.1, -0.05) is 23.7 Å². The smallest absolute Gasteiger partial charge is 0.228 e. The van der Waals surface area contributed by atoms with Crippen LogP contribution in [-0.4, -0.2) is 21.5 Å². The molecule has 7 heteroatoms. The molecule has 0 amide bonds. The Kier molecular flexibility index (Phi) is 5.19. The number of nitrogens with one attached hydrogen (secondary N) is 1. The molecule has 2 aromatic rings. The first-order valence-electron chi connectivity index (χ1n) is 5.69. The number of aryl methyl sites for hydroxylation is 1. The van der Waals surface area contributed by atoms with Gasteiger partial charge in [0.1, 0.15) is 0 Å². The Morgan fingerprint density at radius 3 is 2.16 bits per heavy atom. The molecular weight excluding hydrogens is 307 g/mol. The molecule has 1 aromatic carbocycles. The Balaban J connectivity index is 1.79. The summed E-state index contributed by atoms with van der Waals surface area (Å²) in [5.74, 6) is 0.390. The number of nitrogens with zero attached hydrogens (tertiary/aromatic N) is 3. The van der Waals surface area contributed by atoms with Crippen LogP contribution in [0.5, 0.6) is 0 Å². The molecule has 0 saturated carbocycles. The number of halogens is 3. The highest BCUT2D eigenvalue weighted by molar-refractivity contribution is 6.31. The number of hydrogen-bond acceptors (Lipinski definition) is 4. The minimum absolute atomic E-state index is 0.0835. The highest BCUT2D eigenvalue weighted by atomic mass is 35.5. The van der Waals surface area contributed by atoms with E-state index in [4.69, 9.17) is 34.8 Å². The van der Waals surface area contributed by atoms with Gasteiger partial charge in [-0.05, 0) is 53.7 Å². The second-order valence-corrected chi connectivity index (χ2v) is 4.97. The Morgan fingerprint density at radius 2 is 1.53 bits per heavy atom. The van der Waals surface area contributed by atoms with Gasteiger partial charge in [-0.3, -0.25) is 0 Å². The zero-order valence-electron chi connectivity index (χ0n) is 9.91. The summed E-state index contributed by atoms with van der Waals surface area (Å²) in [7, 11) is 0. The Bertz CT molecular complexity index is 525. The molecule has 19 heavy (non-hydrogen) atoms. The molecule has 0 fully saturated rings. The summed E-state index contributed by atoms with van der Waals surface area (Å²) in [4.78, 5) is 11.5. The summed E-state index contributed by atoms with van der Waals surface area (Å²) in [5, 5.41) is 3.96. The van der Waals surface area contributed by atoms with Crippen molar-refractivity contribution in [2.24, 2.45) is 0 Å². The van der Waals surface area contributed by atoms with Crippen LogP contribution in [0.25, 0.3) is 0 Å². The van der Waals surface area contributed by atoms with Crippen molar-refractivity contribution in [1.82, 2.24) is 15.0 Å². The minimum Gasteiger partial charge on any atom is -0.354 e. The quantitative estimate of drug-likeness (QED) is 0.850. The molecule has 0 aliphatic carbocycles. The maximum atomic E-state index is 5.82. The van der Waals surface area contributed by atoms with Gasteiger partial charge in [-0.15, -0.1) is 0 Å². The van der Waals surface area contributed by atoms with E-state index in [1.807, 2.05) is 24.3 Å². The van der Waals surface area contributed by atoms with Gasteiger partial charge in [-0.2, -0.15) is 15.0 Å². The van der Waals surface area contributed by atoms with Gasteiger partial charge >= 0.3 is 0 Å². The molecule has 4 nitrogen and oxygen atoms in total. The predicted octanol–water partition coefficient (Wildman–Crippen LogP) is 3.88. The molecule has 0 unspecified atom stereocenters. The zero-order chi connectivity index (χ0) is 13.7. The van der Waals surface area contributed by atoms with Crippen molar-refractivity contribution in [3.8, 4) is 0 Å². The minimum atomic E-state index is 0.0835. The monoisotopic (exact) mass is 316 g/mol. The van der Waals surface area contributed by atoms with Gasteiger partial charge < -0.3 is 5.32 Å². The summed E-state index contributed by atoms with van der Waals surface area (Å²) in [6.45, 7) is 0.722. The van der Waals surface area contributed by atoms with Crippen LogP contribution in [0.3, 0.4) is 0 Å². The van der Waals surface area contributed by atoms with Crippen LogP contribution in [0, 0.1) is 0 Å². The first-order valence-corrected chi connectivity index (χ1v) is 6.82. The fourth-order valence-corrected chi connectivity index (χ4v) is 2.04. The van der Waals surface area contributed by atoms with E-state index >= 15 is 0 Å². The lowest BCUT2D eigenvalue weighted by molar-refractivity contribution is 0.849. The third kappa shape index (κ3) is 4.82. The van der Waals surface area contributed by atoms with Gasteiger partial charge in [0.2, 0.25) is 16.5 Å². The van der Waals surface area contributed by atoms with E-state index in [0.29, 0.717) is 5.95 Å². The molecule has 0 aliphatic rings. The summed E-state index contributed by atoms with van der Waals surface area (Å²) in [5.41, 5.74) is 1.23. The lowest BCUT2D eigenvalue weighted by Gasteiger charge is -2.05. The summed E-state index contributed by atoms with van der Waals surface area (Å²) in [6, 6.07) is 7.80. The topological polar surface area (TPSA) is 50.7 Å². The maximum absolute atomic E-state index is 5.82. The van der Waals surface area contributed by atoms with E-state index in [9.17, 15) is 0 Å². The van der Waals surface area contributed by atoms with E-state index in [1.165, 1.54) is 5.56 Å². The standard InChI is InChI=1S/C12H11Cl3N4/c13-9-5-3-8(4-6-9)2-1-7-16-12-18-10(14)17-11(15)19-12/h3-6H,1-2,7H2,(H,16,17,18,19). The summed E-state index contributed by atoms with van der Waals surface area (Å²) < 4.78 is 0. The van der Waals surface area contributed by atoms with Crippen LogP contribution in [0.2, 0.25) is 15.6 Å². The predicted molar refractivity (Wildman–Crippen MR) is 78.1 cm³/mol. The van der Waals surface area contributed by atoms with Crippen molar-refractivity contribution in [3.63, 3.8) is 0 Å². The van der Waals surface area contributed by atoms with Gasteiger partial charge in [0.25, 0.3) is 0 Å². The highest BCUT2D eigenvalue weighted by Crippen LogP contribution is 2.12. The first kappa shape index (κ1) is 14.3. The second-order valence-electron chi connectivity index (χ2n) is 3.85. The summed E-state index contributed by atoms with van der Waals surface area (Å²) >= 11 is 17.2. The van der Waals surface area contributed by atoms with Crippen LogP contribution < -0.4 is 5.32 Å². The maximum Gasteiger partial charge on any atom is 0.228 e. The van der Waals surface area contributed by atoms with Crippen LogP contribution in [0.15, 0.2) is 24.3 Å². The van der Waals surface area contributed by atoms with E-state index < -0.39 is 0 Å². The molecule has 0 radical (unpaired) electrons. The number of benzene rings is 1. The number of rotatable bonds is 5. The fourth-order valence-electron chi connectivity index (χ4n) is 1.55. The lowest BCUT2D eigenvalue weighted by Crippen LogP contribution is -2.07. The molecule has 0 aliphatic heterocycles. The van der Waals surface area contributed by atoms with Crippen LogP contribution in [-0.2, 0) is 6.42 Å². The van der Waals surface area contributed by atoms with Crippen molar-refractivity contribution in [2.45, 2.75) is 12.8 Å². The molecule has 0 spiro atoms. The molecule has 1 aromatic heterocycles. The van der Waals surface area contributed by atoms with Gasteiger partial charge in [0.05, 0.1) is 0 Å². The zero-order valence-corrected chi connectivity index (χ0v) is 12.2. The van der Waals surface area contributed by atoms with E-state index in [2.05, 4.69) is 20.3 Å². The Labute approximate surface area is 126 Å². The van der Waals surface area contributed by atoms with E-state index in [0.717, 1.165) is 24.4 Å². The molecule has 1 heterocycles. The molecular formula is C12H11Cl3N4. The highest BCUT2D eigenvalue weighted by Gasteiger charge is 2.02. The van der Waals surface area contributed by atoms with E-state index in [1.54, 1.807) is 0 Å². The van der Waals surface area contributed by atoms with Gasteiger partial charge in [0, 0.05) is 11.6 Å². The lowest BCUT2D eigenvalue weighted by atomic mass is 10.1. The SMILES string of the molecule is Clc1ccc(CCCNc2nc(Cl)nc(Cl)n2)cc1. The number of hydrogen-bond donors (Lipinski definition) is 1. The normalized spacial score (nSPS) is 10.5. The molecule has 0 atom stereocenters. The Hall–Kier alpha value is -1.10. The van der Waals surface area contributed by atoms with Crippen molar-refractivity contribution in [1.29, 1.82) is 0 Å². The number of aromatic nitrogens is 3. The van der Waals surface area contributed by atoms with Crippen LogP contribution in [0.4, 0.5) is 5.95 Å². The largest absolute Gasteiger partial charge is 0.354 e. The van der Waals surface area contributed by atoms with Crippen molar-refractivity contribution >= 4 is 40.8 Å². The number of anilines is 1. The molecule has 2 rings (SSSR count). The summed E-state index contributed by atoms with van der Waals surface area (Å²) in [6.07, 6.45) is 1.87. The molecule has 1 N–H and O–H groups in total. The molecule has 0 bridgehead atoms. The third-order valence-electron chi connectivity index (χ3n) is 2.42. The van der Waals surface area contributed by atoms with E-state index in [-0.39, 0.29) is 10.6 Å². The van der Waals surface area contributed by atoms with Crippen LogP contribution >= 0.6 is 34.8 Å². The van der Waals surface area contributed by atoms with Crippen molar-refractivity contribution in [2.75, 3.05) is 11.9 Å². The average Bonchev–Trinajstić information content (AvgIpc) is 2.36. The molecule has 0 saturated heterocycles. The average molecular weight is 318 g/mol. The van der Waals surface area contributed by atoms with Crippen LogP contribution in [0.1, 0.15) is 12.0 Å².